The molecule has 1 aliphatic carbocycles. The summed E-state index contributed by atoms with van der Waals surface area (Å²) in [5.74, 6) is 0.786. The zero-order valence-corrected chi connectivity index (χ0v) is 22.0. The molecule has 0 fully saturated rings. The number of hydrogen-bond donors (Lipinski definition) is 1. The maximum Gasteiger partial charge on any atom is 0.232 e. The highest BCUT2D eigenvalue weighted by atomic mass is 16.5. The lowest BCUT2D eigenvalue weighted by molar-refractivity contribution is -0.119. The van der Waals surface area contributed by atoms with Crippen LogP contribution in [0, 0.1) is 5.41 Å². The fraction of sp³-hybridized carbons (Fsp3) is 0.312. The highest BCUT2D eigenvalue weighted by Crippen LogP contribution is 2.48. The van der Waals surface area contributed by atoms with Crippen molar-refractivity contribution in [3.05, 3.63) is 101 Å². The zero-order chi connectivity index (χ0) is 26.2. The van der Waals surface area contributed by atoms with E-state index < -0.39 is 6.04 Å². The number of fused-ring (bicyclic) bond motifs is 1. The molecule has 2 aliphatic rings. The van der Waals surface area contributed by atoms with Crippen molar-refractivity contribution in [3.8, 4) is 5.75 Å². The molecular weight excluding hydrogens is 460 g/mol. The molecule has 0 radical (unpaired) electrons. The van der Waals surface area contributed by atoms with Gasteiger partial charge in [-0.3, -0.25) is 14.5 Å². The van der Waals surface area contributed by atoms with Crippen molar-refractivity contribution in [2.45, 2.75) is 59.1 Å². The molecule has 1 heterocycles. The van der Waals surface area contributed by atoms with E-state index >= 15 is 0 Å². The summed E-state index contributed by atoms with van der Waals surface area (Å²) >= 11 is 0. The van der Waals surface area contributed by atoms with Gasteiger partial charge in [0.2, 0.25) is 5.91 Å². The van der Waals surface area contributed by atoms with Crippen LogP contribution in [-0.4, -0.2) is 17.8 Å². The predicted molar refractivity (Wildman–Crippen MR) is 148 cm³/mol. The molecule has 5 nitrogen and oxygen atoms in total. The number of nitrogens with one attached hydrogen (secondary N) is 1. The zero-order valence-electron chi connectivity index (χ0n) is 22.0. The van der Waals surface area contributed by atoms with Crippen LogP contribution in [0.5, 0.6) is 5.75 Å². The molecule has 1 amide bonds. The van der Waals surface area contributed by atoms with Crippen molar-refractivity contribution in [3.63, 3.8) is 0 Å². The third kappa shape index (κ3) is 5.17. The van der Waals surface area contributed by atoms with E-state index in [1.807, 2.05) is 97.6 Å². The van der Waals surface area contributed by atoms with Gasteiger partial charge in [0.05, 0.1) is 29.9 Å². The Bertz CT molecular complexity index is 1340. The normalized spacial score (nSPS) is 18.6. The summed E-state index contributed by atoms with van der Waals surface area (Å²) in [7, 11) is 0. The summed E-state index contributed by atoms with van der Waals surface area (Å²) in [4.78, 5) is 29.8. The highest BCUT2D eigenvalue weighted by Gasteiger charge is 2.43. The van der Waals surface area contributed by atoms with E-state index in [4.69, 9.17) is 4.74 Å². The van der Waals surface area contributed by atoms with Crippen molar-refractivity contribution in [2.75, 3.05) is 10.2 Å². The van der Waals surface area contributed by atoms with Gasteiger partial charge in [0.25, 0.3) is 0 Å². The number of amides is 1. The minimum absolute atomic E-state index is 0.0558. The quantitative estimate of drug-likeness (QED) is 0.421. The Morgan fingerprint density at radius 2 is 1.65 bits per heavy atom. The van der Waals surface area contributed by atoms with Gasteiger partial charge in [-0.25, -0.2) is 0 Å². The van der Waals surface area contributed by atoms with Gasteiger partial charge in [-0.15, -0.1) is 0 Å². The van der Waals surface area contributed by atoms with Crippen LogP contribution in [0.3, 0.4) is 0 Å². The Hall–Kier alpha value is -3.86. The summed E-state index contributed by atoms with van der Waals surface area (Å²) < 4.78 is 5.87. The van der Waals surface area contributed by atoms with E-state index in [2.05, 4.69) is 19.2 Å². The van der Waals surface area contributed by atoms with Crippen LogP contribution in [0.25, 0.3) is 0 Å². The Morgan fingerprint density at radius 1 is 0.973 bits per heavy atom. The fourth-order valence-electron chi connectivity index (χ4n) is 5.43. The number of carbonyl (C=O) groups excluding carboxylic acids is 2. The fourth-order valence-corrected chi connectivity index (χ4v) is 5.43. The number of Topliss-reactive ketones (excluding diaryl/α,β-unsaturated/α-hetero) is 1. The third-order valence-electron chi connectivity index (χ3n) is 6.94. The summed E-state index contributed by atoms with van der Waals surface area (Å²) in [5, 5.41) is 3.57. The van der Waals surface area contributed by atoms with Gasteiger partial charge in [-0.05, 0) is 61.1 Å². The molecule has 5 heteroatoms. The first-order valence-corrected chi connectivity index (χ1v) is 13.0. The first-order valence-electron chi connectivity index (χ1n) is 13.0. The van der Waals surface area contributed by atoms with Gasteiger partial charge in [0, 0.05) is 17.7 Å². The van der Waals surface area contributed by atoms with Gasteiger partial charge >= 0.3 is 0 Å². The Balaban J connectivity index is 1.68. The lowest BCUT2D eigenvalue weighted by atomic mass is 9.73. The lowest BCUT2D eigenvalue weighted by Gasteiger charge is -2.37. The lowest BCUT2D eigenvalue weighted by Crippen LogP contribution is -2.40. The molecule has 0 saturated carbocycles. The number of allylic oxidation sites excluding steroid dienone is 1. The second kappa shape index (κ2) is 9.89. The van der Waals surface area contributed by atoms with Crippen molar-refractivity contribution >= 4 is 23.1 Å². The first kappa shape index (κ1) is 24.8. The van der Waals surface area contributed by atoms with Gasteiger partial charge in [-0.1, -0.05) is 68.4 Å². The van der Waals surface area contributed by atoms with E-state index in [1.165, 1.54) is 0 Å². The van der Waals surface area contributed by atoms with Crippen molar-refractivity contribution < 1.29 is 14.3 Å². The molecule has 1 aliphatic heterocycles. The molecule has 37 heavy (non-hydrogen) atoms. The first-order chi connectivity index (χ1) is 17.7. The van der Waals surface area contributed by atoms with Gasteiger partial charge in [-0.2, -0.15) is 0 Å². The molecule has 190 valence electrons. The van der Waals surface area contributed by atoms with Crippen LogP contribution in [0.15, 0.2) is 90.1 Å². The second-order valence-electron chi connectivity index (χ2n) is 11.0. The summed E-state index contributed by atoms with van der Waals surface area (Å²) in [5.41, 5.74) is 4.84. The monoisotopic (exact) mass is 494 g/mol. The largest absolute Gasteiger partial charge is 0.491 e. The summed E-state index contributed by atoms with van der Waals surface area (Å²) in [6.45, 7) is 8.23. The molecule has 5 rings (SSSR count). The maximum absolute atomic E-state index is 14.1. The predicted octanol–water partition coefficient (Wildman–Crippen LogP) is 6.86. The standard InChI is InChI=1S/C32H34N2O3/c1-21(2)37-24-16-14-23(15-17-24)31-30-26(19-32(3,4)20-28(30)35)33-25-12-8-9-13-27(25)34(31)29(36)18-22-10-6-5-7-11-22/h5-17,21,31,33H,18-20H2,1-4H3. The van der Waals surface area contributed by atoms with Crippen LogP contribution in [0.1, 0.15) is 57.7 Å². The minimum atomic E-state index is -0.543. The van der Waals surface area contributed by atoms with Crippen LogP contribution in [0.2, 0.25) is 0 Å². The number of rotatable bonds is 5. The van der Waals surface area contributed by atoms with Crippen molar-refractivity contribution in [2.24, 2.45) is 5.41 Å². The third-order valence-corrected chi connectivity index (χ3v) is 6.94. The van der Waals surface area contributed by atoms with Crippen LogP contribution >= 0.6 is 0 Å². The molecule has 0 aromatic heterocycles. The van der Waals surface area contributed by atoms with Crippen molar-refractivity contribution in [1.29, 1.82) is 0 Å². The minimum Gasteiger partial charge on any atom is -0.491 e. The number of ether oxygens (including phenoxy) is 1. The highest BCUT2D eigenvalue weighted by molar-refractivity contribution is 6.06. The topological polar surface area (TPSA) is 58.6 Å². The number of para-hydroxylation sites is 2. The Kier molecular flexibility index (Phi) is 6.63. The number of ketones is 1. The molecule has 1 N–H and O–H groups in total. The maximum atomic E-state index is 14.1. The summed E-state index contributed by atoms with van der Waals surface area (Å²) in [6.07, 6.45) is 1.46. The van der Waals surface area contributed by atoms with Crippen LogP contribution in [-0.2, 0) is 16.0 Å². The molecule has 1 atom stereocenters. The van der Waals surface area contributed by atoms with Crippen LogP contribution in [0.4, 0.5) is 11.4 Å². The van der Waals surface area contributed by atoms with Crippen LogP contribution < -0.4 is 15.0 Å². The van der Waals surface area contributed by atoms with E-state index in [-0.39, 0.29) is 29.6 Å². The van der Waals surface area contributed by atoms with Gasteiger partial charge in [0.1, 0.15) is 5.75 Å². The smallest absolute Gasteiger partial charge is 0.232 e. The average Bonchev–Trinajstić information content (AvgIpc) is 2.98. The molecule has 0 saturated heterocycles. The van der Waals surface area contributed by atoms with E-state index in [1.54, 1.807) is 0 Å². The van der Waals surface area contributed by atoms with E-state index in [9.17, 15) is 9.59 Å². The molecule has 3 aromatic carbocycles. The number of anilines is 2. The number of benzene rings is 3. The van der Waals surface area contributed by atoms with E-state index in [0.29, 0.717) is 12.0 Å². The van der Waals surface area contributed by atoms with E-state index in [0.717, 1.165) is 40.4 Å². The molecule has 3 aromatic rings. The summed E-state index contributed by atoms with van der Waals surface area (Å²) in [6, 6.07) is 24.9. The number of hydrogen-bond acceptors (Lipinski definition) is 4. The Labute approximate surface area is 219 Å². The average molecular weight is 495 g/mol. The molecule has 1 unspecified atom stereocenters. The molecule has 0 bridgehead atoms. The van der Waals surface area contributed by atoms with Crippen molar-refractivity contribution in [1.82, 2.24) is 0 Å². The second-order valence-corrected chi connectivity index (χ2v) is 11.0. The number of nitrogens with zero attached hydrogens (tertiary/aromatic N) is 1. The Morgan fingerprint density at radius 3 is 2.35 bits per heavy atom. The number of carbonyl (C=O) groups is 2. The SMILES string of the molecule is CC(C)Oc1ccc(C2C3=C(CC(C)(C)CC3=O)Nc3ccccc3N2C(=O)Cc2ccccc2)cc1. The van der Waals surface area contributed by atoms with Gasteiger partial charge < -0.3 is 10.1 Å². The molecular formula is C32H34N2O3. The molecule has 0 spiro atoms. The van der Waals surface area contributed by atoms with Gasteiger partial charge in [0.15, 0.2) is 5.78 Å².